The van der Waals surface area contributed by atoms with Crippen LogP contribution in [0.15, 0.2) is 24.3 Å². The van der Waals surface area contributed by atoms with Gasteiger partial charge in [0.2, 0.25) is 7.00 Å². The van der Waals surface area contributed by atoms with Gasteiger partial charge in [0.1, 0.15) is 5.68 Å². The number of hydrogen-bond donors (Lipinski definition) is 0. The highest BCUT2D eigenvalue weighted by molar-refractivity contribution is 7.62. The fourth-order valence-electron chi connectivity index (χ4n) is 0.964. The molecule has 1 atom stereocenters. The van der Waals surface area contributed by atoms with E-state index in [0.717, 1.165) is 0 Å². The lowest BCUT2D eigenvalue weighted by Crippen LogP contribution is -2.06. The van der Waals surface area contributed by atoms with Crippen LogP contribution in [-0.4, -0.2) is 19.0 Å². The summed E-state index contributed by atoms with van der Waals surface area (Å²) in [7, 11) is 2.35. The Labute approximate surface area is 73.8 Å². The van der Waals surface area contributed by atoms with Crippen molar-refractivity contribution in [1.29, 1.82) is 0 Å². The van der Waals surface area contributed by atoms with Gasteiger partial charge in [0, 0.05) is 11.1 Å². The SMILES string of the molecule is O=Cc1ccccc1C(=O)BP. The minimum Gasteiger partial charge on any atom is -0.306 e. The zero-order valence-corrected chi connectivity index (χ0v) is 7.64. The third-order valence-electron chi connectivity index (χ3n) is 1.57. The average Bonchev–Trinajstić information content (AvgIpc) is 2.16. The fraction of sp³-hybridized carbons (Fsp3) is 0. The zero-order chi connectivity index (χ0) is 8.97. The molecule has 0 aliphatic heterocycles. The Morgan fingerprint density at radius 2 is 2.08 bits per heavy atom. The number of carbonyl (C=O) groups excluding carboxylic acids is 2. The summed E-state index contributed by atoms with van der Waals surface area (Å²) in [6.07, 6.45) is 0.702. The van der Waals surface area contributed by atoms with Crippen LogP contribution in [0.25, 0.3) is 0 Å². The molecule has 0 saturated heterocycles. The van der Waals surface area contributed by atoms with E-state index in [0.29, 0.717) is 24.4 Å². The van der Waals surface area contributed by atoms with Crippen molar-refractivity contribution in [3.63, 3.8) is 0 Å². The van der Waals surface area contributed by atoms with Crippen molar-refractivity contribution in [2.75, 3.05) is 0 Å². The van der Waals surface area contributed by atoms with Gasteiger partial charge in [0.05, 0.1) is 0 Å². The summed E-state index contributed by atoms with van der Waals surface area (Å²) >= 11 is 0. The first kappa shape index (κ1) is 9.15. The van der Waals surface area contributed by atoms with Crippen LogP contribution in [-0.2, 0) is 0 Å². The molecular weight excluding hydrogens is 170 g/mol. The molecule has 12 heavy (non-hydrogen) atoms. The van der Waals surface area contributed by atoms with E-state index < -0.39 is 0 Å². The van der Waals surface area contributed by atoms with Gasteiger partial charge in [-0.3, -0.25) is 4.79 Å². The van der Waals surface area contributed by atoms with Gasteiger partial charge in [-0.05, 0) is 0 Å². The second kappa shape index (κ2) is 4.17. The molecular formula is C8H8BO2P. The lowest BCUT2D eigenvalue weighted by Gasteiger charge is -1.99. The molecule has 1 aromatic rings. The number of hydrogen-bond acceptors (Lipinski definition) is 2. The Kier molecular flexibility index (Phi) is 3.18. The molecule has 0 N–H and O–H groups in total. The van der Waals surface area contributed by atoms with Crippen molar-refractivity contribution < 1.29 is 9.59 Å². The number of carbonyl (C=O) groups is 2. The molecule has 0 fully saturated rings. The summed E-state index contributed by atoms with van der Waals surface area (Å²) in [5.74, 6) is 0. The lowest BCUT2D eigenvalue weighted by atomic mass is 9.90. The molecule has 0 aromatic heterocycles. The number of benzene rings is 1. The summed E-state index contributed by atoms with van der Waals surface area (Å²) in [6, 6.07) is 6.79. The highest BCUT2D eigenvalue weighted by Crippen LogP contribution is 2.07. The normalized spacial score (nSPS) is 9.08. The highest BCUT2D eigenvalue weighted by atomic mass is 31.0. The summed E-state index contributed by atoms with van der Waals surface area (Å²) in [5.41, 5.74) is 0.940. The van der Waals surface area contributed by atoms with E-state index in [1.807, 2.05) is 0 Å². The number of rotatable bonds is 3. The standard InChI is InChI=1S/C8H8BO2P/c10-5-6-3-1-2-4-7(6)8(11)9-12/h1-5,9H,12H2. The van der Waals surface area contributed by atoms with Gasteiger partial charge in [-0.1, -0.05) is 24.3 Å². The van der Waals surface area contributed by atoms with Crippen molar-refractivity contribution in [3.05, 3.63) is 35.4 Å². The van der Waals surface area contributed by atoms with Crippen molar-refractivity contribution in [2.45, 2.75) is 0 Å². The smallest absolute Gasteiger partial charge is 0.234 e. The van der Waals surface area contributed by atoms with Gasteiger partial charge in [-0.15, -0.1) is 0 Å². The van der Waals surface area contributed by atoms with E-state index in [1.165, 1.54) is 0 Å². The van der Waals surface area contributed by atoms with Gasteiger partial charge in [-0.2, -0.15) is 9.12 Å². The molecule has 0 bridgehead atoms. The van der Waals surface area contributed by atoms with Crippen LogP contribution in [0.1, 0.15) is 20.7 Å². The Hall–Kier alpha value is -0.945. The third kappa shape index (κ3) is 1.80. The molecule has 1 unspecified atom stereocenters. The largest absolute Gasteiger partial charge is 0.306 e. The van der Waals surface area contributed by atoms with Gasteiger partial charge in [0.15, 0.2) is 6.29 Å². The van der Waals surface area contributed by atoms with E-state index in [2.05, 4.69) is 9.12 Å². The molecule has 0 aliphatic rings. The predicted molar refractivity (Wildman–Crippen MR) is 53.0 cm³/mol. The molecule has 0 saturated carbocycles. The second-order valence-electron chi connectivity index (χ2n) is 2.33. The summed E-state index contributed by atoms with van der Waals surface area (Å²) in [4.78, 5) is 21.7. The molecule has 1 aromatic carbocycles. The van der Waals surface area contributed by atoms with Gasteiger partial charge >= 0.3 is 0 Å². The minimum atomic E-state index is -0.0253. The molecule has 0 radical (unpaired) electrons. The molecule has 0 amide bonds. The lowest BCUT2D eigenvalue weighted by molar-refractivity contribution is 0.106. The first-order chi connectivity index (χ1) is 5.79. The Bertz CT molecular complexity index is 312. The van der Waals surface area contributed by atoms with E-state index in [1.54, 1.807) is 24.3 Å². The summed E-state index contributed by atoms with van der Waals surface area (Å²) in [5, 5.41) is 0. The van der Waals surface area contributed by atoms with E-state index in [4.69, 9.17) is 0 Å². The highest BCUT2D eigenvalue weighted by Gasteiger charge is 2.07. The maximum atomic E-state index is 11.2. The fourth-order valence-corrected chi connectivity index (χ4v) is 1.18. The van der Waals surface area contributed by atoms with Crippen LogP contribution < -0.4 is 0 Å². The molecule has 0 aliphatic carbocycles. The monoisotopic (exact) mass is 178 g/mol. The Morgan fingerprint density at radius 1 is 1.42 bits per heavy atom. The molecule has 2 nitrogen and oxygen atoms in total. The molecule has 60 valence electrons. The molecule has 1 rings (SSSR count). The van der Waals surface area contributed by atoms with Gasteiger partial charge in [0.25, 0.3) is 0 Å². The Morgan fingerprint density at radius 3 is 2.67 bits per heavy atom. The summed E-state index contributed by atoms with van der Waals surface area (Å²) < 4.78 is 0. The van der Waals surface area contributed by atoms with Crippen molar-refractivity contribution in [2.24, 2.45) is 0 Å². The van der Waals surface area contributed by atoms with E-state index >= 15 is 0 Å². The van der Waals surface area contributed by atoms with Crippen LogP contribution in [0.3, 0.4) is 0 Å². The average molecular weight is 178 g/mol. The molecule has 4 heteroatoms. The number of aldehydes is 1. The van der Waals surface area contributed by atoms with Crippen molar-refractivity contribution in [3.8, 4) is 0 Å². The van der Waals surface area contributed by atoms with Crippen LogP contribution in [0.5, 0.6) is 0 Å². The maximum absolute atomic E-state index is 11.2. The maximum Gasteiger partial charge on any atom is 0.234 e. The summed E-state index contributed by atoms with van der Waals surface area (Å²) in [6.45, 7) is 0.352. The Balaban J connectivity index is 3.13. The quantitative estimate of drug-likeness (QED) is 0.390. The zero-order valence-electron chi connectivity index (χ0n) is 6.49. The van der Waals surface area contributed by atoms with Crippen LogP contribution in [0, 0.1) is 0 Å². The van der Waals surface area contributed by atoms with Crippen LogP contribution >= 0.6 is 9.12 Å². The van der Waals surface area contributed by atoms with Crippen LogP contribution in [0.4, 0.5) is 0 Å². The van der Waals surface area contributed by atoms with Gasteiger partial charge in [-0.25, -0.2) is 0 Å². The first-order valence-corrected chi connectivity index (χ1v) is 4.38. The predicted octanol–water partition coefficient (Wildman–Crippen LogP) is 0.866. The van der Waals surface area contributed by atoms with Crippen molar-refractivity contribution >= 4 is 28.1 Å². The minimum absolute atomic E-state index is 0.0253. The third-order valence-corrected chi connectivity index (χ3v) is 1.94. The van der Waals surface area contributed by atoms with Gasteiger partial charge < -0.3 is 4.79 Å². The van der Waals surface area contributed by atoms with Crippen LogP contribution in [0.2, 0.25) is 0 Å². The molecule has 0 spiro atoms. The molecule has 0 heterocycles. The second-order valence-corrected chi connectivity index (χ2v) is 2.74. The first-order valence-electron chi connectivity index (χ1n) is 3.57. The topological polar surface area (TPSA) is 34.1 Å². The van der Waals surface area contributed by atoms with Crippen molar-refractivity contribution in [1.82, 2.24) is 0 Å². The van der Waals surface area contributed by atoms with E-state index in [9.17, 15) is 9.59 Å². The van der Waals surface area contributed by atoms with E-state index in [-0.39, 0.29) is 5.68 Å².